The molecule has 1 saturated carbocycles. The van der Waals surface area contributed by atoms with Crippen LogP contribution in [0, 0.1) is 0 Å². The van der Waals surface area contributed by atoms with E-state index in [2.05, 4.69) is 20.0 Å². The molecule has 0 radical (unpaired) electrons. The summed E-state index contributed by atoms with van der Waals surface area (Å²) >= 11 is 0. The summed E-state index contributed by atoms with van der Waals surface area (Å²) in [7, 11) is 1.37. The molecule has 0 saturated heterocycles. The van der Waals surface area contributed by atoms with Gasteiger partial charge in [-0.3, -0.25) is 23.9 Å². The van der Waals surface area contributed by atoms with Gasteiger partial charge in [0.05, 0.1) is 18.1 Å². The molecule has 0 aromatic carbocycles. The molecule has 0 unspecified atom stereocenters. The first kappa shape index (κ1) is 19.8. The van der Waals surface area contributed by atoms with Crippen molar-refractivity contribution in [2.24, 2.45) is 0 Å². The number of hydrogen-bond acceptors (Lipinski definition) is 6. The summed E-state index contributed by atoms with van der Waals surface area (Å²) < 4.78 is 6.08. The van der Waals surface area contributed by atoms with Gasteiger partial charge in [-0.05, 0) is 31.7 Å². The topological polar surface area (TPSA) is 123 Å². The molecule has 2 aromatic heterocycles. The molecule has 0 atom stereocenters. The lowest BCUT2D eigenvalue weighted by Crippen LogP contribution is -2.31. The number of ether oxygens (including phenoxy) is 1. The molecule has 1 aliphatic carbocycles. The molecule has 3 rings (SSSR count). The molecular formula is C19H24N4O5. The fraction of sp³-hybridized carbons (Fsp3) is 0.526. The Hall–Kier alpha value is -2.97. The van der Waals surface area contributed by atoms with Crippen LogP contribution < -0.4 is 16.6 Å². The Balaban J connectivity index is 1.56. The van der Waals surface area contributed by atoms with Gasteiger partial charge in [0.25, 0.3) is 11.5 Å². The highest BCUT2D eigenvalue weighted by Crippen LogP contribution is 2.34. The fourth-order valence-electron chi connectivity index (χ4n) is 3.09. The minimum Gasteiger partial charge on any atom is -0.469 e. The number of methoxy groups -OCH3 is 1. The second-order valence-corrected chi connectivity index (χ2v) is 6.95. The molecule has 28 heavy (non-hydrogen) atoms. The Morgan fingerprint density at radius 3 is 2.71 bits per heavy atom. The normalized spacial score (nSPS) is 13.5. The molecule has 9 heteroatoms. The number of esters is 1. The molecule has 2 N–H and O–H groups in total. The van der Waals surface area contributed by atoms with Crippen molar-refractivity contribution >= 4 is 22.9 Å². The number of fused-ring (bicyclic) bond motifs is 1. The number of carbonyl (C=O) groups is 2. The van der Waals surface area contributed by atoms with Crippen molar-refractivity contribution in [2.75, 3.05) is 13.7 Å². The number of aromatic amines is 1. The number of nitrogens with zero attached hydrogens (tertiary/aromatic N) is 2. The van der Waals surface area contributed by atoms with E-state index in [1.165, 1.54) is 23.9 Å². The Morgan fingerprint density at radius 2 is 2.00 bits per heavy atom. The lowest BCUT2D eigenvalue weighted by atomic mass is 10.1. The minimum atomic E-state index is -0.537. The van der Waals surface area contributed by atoms with E-state index in [1.54, 1.807) is 0 Å². The molecule has 9 nitrogen and oxygen atoms in total. The number of H-pyrrole nitrogens is 1. The minimum absolute atomic E-state index is 0.0678. The molecule has 2 aromatic rings. The Kier molecular flexibility index (Phi) is 6.23. The molecule has 1 fully saturated rings. The van der Waals surface area contributed by atoms with Gasteiger partial charge in [-0.2, -0.15) is 0 Å². The molecule has 1 aliphatic rings. The summed E-state index contributed by atoms with van der Waals surface area (Å²) in [6.45, 7) is 0.493. The first-order valence-electron chi connectivity index (χ1n) is 9.51. The maximum atomic E-state index is 12.3. The number of rotatable bonds is 9. The van der Waals surface area contributed by atoms with Gasteiger partial charge in [-0.15, -0.1) is 0 Å². The standard InChI is InChI=1S/C19H24N4O5/c1-28-15(24)6-4-2-3-5-9-20-17(25)12-10-14-16(21-11-12)23(13-7-8-13)19(27)22-18(14)26/h10-11,13H,2-9H2,1H3,(H,20,25)(H,22,26,27). The summed E-state index contributed by atoms with van der Waals surface area (Å²) in [4.78, 5) is 54.0. The molecule has 2 heterocycles. The van der Waals surface area contributed by atoms with Crippen LogP contribution in [-0.2, 0) is 9.53 Å². The van der Waals surface area contributed by atoms with Crippen LogP contribution >= 0.6 is 0 Å². The Morgan fingerprint density at radius 1 is 1.25 bits per heavy atom. The van der Waals surface area contributed by atoms with Crippen molar-refractivity contribution in [2.45, 2.75) is 51.0 Å². The van der Waals surface area contributed by atoms with Gasteiger partial charge in [0.15, 0.2) is 0 Å². The summed E-state index contributed by atoms with van der Waals surface area (Å²) in [5, 5.41) is 3.04. The second-order valence-electron chi connectivity index (χ2n) is 6.95. The van der Waals surface area contributed by atoms with Crippen LogP contribution in [0.4, 0.5) is 0 Å². The van der Waals surface area contributed by atoms with Crippen LogP contribution in [0.1, 0.15) is 61.3 Å². The van der Waals surface area contributed by atoms with E-state index in [4.69, 9.17) is 0 Å². The number of unbranched alkanes of at least 4 members (excludes halogenated alkanes) is 3. The van der Waals surface area contributed by atoms with E-state index in [0.29, 0.717) is 18.6 Å². The van der Waals surface area contributed by atoms with E-state index >= 15 is 0 Å². The number of amides is 1. The number of hydrogen-bond donors (Lipinski definition) is 2. The summed E-state index contributed by atoms with van der Waals surface area (Å²) in [6, 6.07) is 1.55. The maximum Gasteiger partial charge on any atom is 0.330 e. The van der Waals surface area contributed by atoms with E-state index in [-0.39, 0.29) is 28.9 Å². The molecule has 1 amide bonds. The lowest BCUT2D eigenvalue weighted by molar-refractivity contribution is -0.140. The van der Waals surface area contributed by atoms with Crippen LogP contribution in [0.25, 0.3) is 11.0 Å². The van der Waals surface area contributed by atoms with Gasteiger partial charge in [0.2, 0.25) is 0 Å². The predicted molar refractivity (Wildman–Crippen MR) is 102 cm³/mol. The van der Waals surface area contributed by atoms with E-state index in [1.807, 2.05) is 0 Å². The zero-order valence-corrected chi connectivity index (χ0v) is 15.8. The van der Waals surface area contributed by atoms with Gasteiger partial charge in [0, 0.05) is 25.2 Å². The fourth-order valence-corrected chi connectivity index (χ4v) is 3.09. The molecule has 0 bridgehead atoms. The van der Waals surface area contributed by atoms with Gasteiger partial charge < -0.3 is 10.1 Å². The van der Waals surface area contributed by atoms with Crippen LogP contribution in [-0.4, -0.2) is 40.1 Å². The third-order valence-electron chi connectivity index (χ3n) is 4.77. The highest BCUT2D eigenvalue weighted by molar-refractivity contribution is 5.96. The van der Waals surface area contributed by atoms with Gasteiger partial charge in [0.1, 0.15) is 5.65 Å². The van der Waals surface area contributed by atoms with Crippen LogP contribution in [0.15, 0.2) is 21.9 Å². The Bertz CT molecular complexity index is 990. The van der Waals surface area contributed by atoms with Crippen molar-refractivity contribution in [1.29, 1.82) is 0 Å². The molecule has 0 aliphatic heterocycles. The second kappa shape index (κ2) is 8.81. The van der Waals surface area contributed by atoms with Gasteiger partial charge >= 0.3 is 11.7 Å². The Labute approximate surface area is 161 Å². The van der Waals surface area contributed by atoms with Crippen LogP contribution in [0.2, 0.25) is 0 Å². The number of aromatic nitrogens is 3. The van der Waals surface area contributed by atoms with Gasteiger partial charge in [-0.1, -0.05) is 12.8 Å². The highest BCUT2D eigenvalue weighted by Gasteiger charge is 2.27. The van der Waals surface area contributed by atoms with Crippen molar-refractivity contribution in [3.8, 4) is 0 Å². The molecule has 150 valence electrons. The first-order chi connectivity index (χ1) is 13.5. The van der Waals surface area contributed by atoms with E-state index < -0.39 is 11.2 Å². The van der Waals surface area contributed by atoms with Crippen LogP contribution in [0.5, 0.6) is 0 Å². The average molecular weight is 388 g/mol. The zero-order chi connectivity index (χ0) is 20.1. The predicted octanol–water partition coefficient (Wildman–Crippen LogP) is 1.27. The van der Waals surface area contributed by atoms with Crippen LogP contribution in [0.3, 0.4) is 0 Å². The van der Waals surface area contributed by atoms with E-state index in [9.17, 15) is 19.2 Å². The summed E-state index contributed by atoms with van der Waals surface area (Å²) in [5.74, 6) is -0.522. The number of nitrogens with one attached hydrogen (secondary N) is 2. The smallest absolute Gasteiger partial charge is 0.330 e. The lowest BCUT2D eigenvalue weighted by Gasteiger charge is -2.09. The third kappa shape index (κ3) is 4.65. The molecule has 0 spiro atoms. The summed E-state index contributed by atoms with van der Waals surface area (Å²) in [6.07, 6.45) is 6.89. The third-order valence-corrected chi connectivity index (χ3v) is 4.77. The van der Waals surface area contributed by atoms with Crippen molar-refractivity contribution < 1.29 is 14.3 Å². The quantitative estimate of drug-likeness (QED) is 0.493. The zero-order valence-electron chi connectivity index (χ0n) is 15.8. The first-order valence-corrected chi connectivity index (χ1v) is 9.51. The van der Waals surface area contributed by atoms with E-state index in [0.717, 1.165) is 38.5 Å². The maximum absolute atomic E-state index is 12.3. The van der Waals surface area contributed by atoms with Crippen molar-refractivity contribution in [3.63, 3.8) is 0 Å². The monoisotopic (exact) mass is 388 g/mol. The van der Waals surface area contributed by atoms with Gasteiger partial charge in [-0.25, -0.2) is 9.78 Å². The average Bonchev–Trinajstić information content (AvgIpc) is 3.51. The molecular weight excluding hydrogens is 364 g/mol. The van der Waals surface area contributed by atoms with Crippen molar-refractivity contribution in [1.82, 2.24) is 19.9 Å². The summed E-state index contributed by atoms with van der Waals surface area (Å²) in [5.41, 5.74) is -0.398. The van der Waals surface area contributed by atoms with Crippen molar-refractivity contribution in [3.05, 3.63) is 38.7 Å². The SMILES string of the molecule is COC(=O)CCCCCCNC(=O)c1cnc2c(c1)c(=O)[nH]c(=O)n2C1CC1. The largest absolute Gasteiger partial charge is 0.469 e. The number of carbonyl (C=O) groups excluding carboxylic acids is 2. The number of pyridine rings is 1. The highest BCUT2D eigenvalue weighted by atomic mass is 16.5.